The summed E-state index contributed by atoms with van der Waals surface area (Å²) in [6.45, 7) is 6.02. The predicted octanol–water partition coefficient (Wildman–Crippen LogP) is 0.223. The van der Waals surface area contributed by atoms with Crippen LogP contribution in [-0.2, 0) is 0 Å². The van der Waals surface area contributed by atoms with E-state index >= 15 is 0 Å². The second-order valence-electron chi connectivity index (χ2n) is 4.15. The molecule has 0 aromatic heterocycles. The van der Waals surface area contributed by atoms with Gasteiger partial charge in [0.2, 0.25) is 0 Å². The Kier molecular flexibility index (Phi) is 1.15. The van der Waals surface area contributed by atoms with E-state index in [1.165, 1.54) is 0 Å². The highest BCUT2D eigenvalue weighted by molar-refractivity contribution is 5.14. The van der Waals surface area contributed by atoms with Crippen molar-refractivity contribution in [3.05, 3.63) is 0 Å². The summed E-state index contributed by atoms with van der Waals surface area (Å²) in [5.74, 6) is 1.59. The Morgan fingerprint density at radius 3 is 2.60 bits per heavy atom. The Morgan fingerprint density at radius 2 is 2.30 bits per heavy atom. The average Bonchev–Trinajstić information content (AvgIpc) is 2.28. The monoisotopic (exact) mass is 141 g/mol. The van der Waals surface area contributed by atoms with E-state index in [9.17, 15) is 0 Å². The summed E-state index contributed by atoms with van der Waals surface area (Å²) < 4.78 is 0. The van der Waals surface area contributed by atoms with Crippen LogP contribution in [0.25, 0.3) is 0 Å². The Hall–Kier alpha value is -0.0800. The molecule has 10 heavy (non-hydrogen) atoms. The summed E-state index contributed by atoms with van der Waals surface area (Å²) in [6.07, 6.45) is 0. The molecule has 0 aromatic carbocycles. The average molecular weight is 141 g/mol. The smallest absolute Gasteiger partial charge is 0.0587 e. The van der Waals surface area contributed by atoms with Crippen molar-refractivity contribution in [1.29, 1.82) is 0 Å². The summed E-state index contributed by atoms with van der Waals surface area (Å²) >= 11 is 0. The van der Waals surface area contributed by atoms with E-state index in [1.807, 2.05) is 0 Å². The third kappa shape index (κ3) is 0.611. The van der Waals surface area contributed by atoms with Gasteiger partial charge < -0.3 is 10.4 Å². The van der Waals surface area contributed by atoms with Gasteiger partial charge in [-0.15, -0.1) is 0 Å². The lowest BCUT2D eigenvalue weighted by Gasteiger charge is -2.15. The highest BCUT2D eigenvalue weighted by Gasteiger charge is 2.63. The van der Waals surface area contributed by atoms with Crippen molar-refractivity contribution in [2.75, 3.05) is 13.2 Å². The molecule has 0 aromatic rings. The maximum Gasteiger partial charge on any atom is 0.0587 e. The van der Waals surface area contributed by atoms with Crippen LogP contribution in [0.5, 0.6) is 0 Å². The van der Waals surface area contributed by atoms with E-state index in [-0.39, 0.29) is 0 Å². The fraction of sp³-hybridized carbons (Fsp3) is 1.00. The van der Waals surface area contributed by atoms with Gasteiger partial charge in [-0.05, 0) is 23.8 Å². The Balaban J connectivity index is 2.07. The lowest BCUT2D eigenvalue weighted by molar-refractivity contribution is 0.226. The van der Waals surface area contributed by atoms with Gasteiger partial charge in [-0.3, -0.25) is 0 Å². The third-order valence-corrected chi connectivity index (χ3v) is 3.37. The van der Waals surface area contributed by atoms with E-state index in [1.54, 1.807) is 0 Å². The zero-order chi connectivity index (χ0) is 7.35. The molecule has 2 nitrogen and oxygen atoms in total. The van der Waals surface area contributed by atoms with Crippen LogP contribution in [-0.4, -0.2) is 24.3 Å². The maximum atomic E-state index is 8.93. The predicted molar refractivity (Wildman–Crippen MR) is 39.6 cm³/mol. The van der Waals surface area contributed by atoms with Crippen LogP contribution in [0, 0.1) is 17.3 Å². The molecular formula is C8H15NO. The van der Waals surface area contributed by atoms with Crippen molar-refractivity contribution in [2.45, 2.75) is 19.9 Å². The second-order valence-corrected chi connectivity index (χ2v) is 4.15. The van der Waals surface area contributed by atoms with Gasteiger partial charge in [-0.25, -0.2) is 0 Å². The molecule has 2 heteroatoms. The third-order valence-electron chi connectivity index (χ3n) is 3.37. The first-order valence-electron chi connectivity index (χ1n) is 4.02. The van der Waals surface area contributed by atoms with Crippen molar-refractivity contribution >= 4 is 0 Å². The lowest BCUT2D eigenvalue weighted by Crippen LogP contribution is -2.33. The van der Waals surface area contributed by atoms with Crippen LogP contribution in [0.2, 0.25) is 0 Å². The molecule has 1 saturated carbocycles. The van der Waals surface area contributed by atoms with Crippen LogP contribution >= 0.6 is 0 Å². The lowest BCUT2D eigenvalue weighted by atomic mass is 10.0. The van der Waals surface area contributed by atoms with E-state index in [0.717, 1.165) is 18.4 Å². The first kappa shape index (κ1) is 6.62. The number of aliphatic hydroxyl groups excluding tert-OH is 1. The molecule has 2 N–H and O–H groups in total. The molecule has 2 fully saturated rings. The van der Waals surface area contributed by atoms with Crippen LogP contribution < -0.4 is 5.32 Å². The molecule has 1 heterocycles. The van der Waals surface area contributed by atoms with Crippen LogP contribution in [0.1, 0.15) is 13.8 Å². The minimum absolute atomic E-state index is 0.310. The quantitative estimate of drug-likeness (QED) is 0.547. The van der Waals surface area contributed by atoms with Crippen LogP contribution in [0.4, 0.5) is 0 Å². The van der Waals surface area contributed by atoms with Crippen molar-refractivity contribution in [3.63, 3.8) is 0 Å². The van der Waals surface area contributed by atoms with Crippen LogP contribution in [0.15, 0.2) is 0 Å². The van der Waals surface area contributed by atoms with Gasteiger partial charge >= 0.3 is 0 Å². The van der Waals surface area contributed by atoms with Gasteiger partial charge in [0, 0.05) is 6.04 Å². The Bertz CT molecular complexity index is 155. The second kappa shape index (κ2) is 1.74. The number of nitrogens with one attached hydrogen (secondary N) is 1. The first-order chi connectivity index (χ1) is 4.68. The Morgan fingerprint density at radius 1 is 1.60 bits per heavy atom. The Labute approximate surface area is 61.6 Å². The number of fused-ring (bicyclic) bond motifs is 1. The largest absolute Gasteiger partial charge is 0.395 e. The summed E-state index contributed by atoms with van der Waals surface area (Å²) in [5, 5.41) is 12.2. The number of hydrogen-bond acceptors (Lipinski definition) is 2. The highest BCUT2D eigenvalue weighted by atomic mass is 16.3. The van der Waals surface area contributed by atoms with Crippen LogP contribution in [0.3, 0.4) is 0 Å². The fourth-order valence-corrected chi connectivity index (χ4v) is 2.56. The molecule has 0 radical (unpaired) electrons. The molecule has 1 aliphatic carbocycles. The molecule has 1 aliphatic heterocycles. The molecule has 2 rings (SSSR count). The van der Waals surface area contributed by atoms with E-state index in [2.05, 4.69) is 19.2 Å². The highest BCUT2D eigenvalue weighted by Crippen LogP contribution is 2.62. The van der Waals surface area contributed by atoms with E-state index < -0.39 is 0 Å². The molecular weight excluding hydrogens is 126 g/mol. The minimum atomic E-state index is 0.310. The molecule has 58 valence electrons. The molecule has 0 spiro atoms. The number of hydrogen-bond donors (Lipinski definition) is 2. The normalized spacial score (nSPS) is 48.9. The maximum absolute atomic E-state index is 8.93. The minimum Gasteiger partial charge on any atom is -0.395 e. The number of rotatable bonds is 1. The van der Waals surface area contributed by atoms with Gasteiger partial charge in [-0.1, -0.05) is 13.8 Å². The zero-order valence-electron chi connectivity index (χ0n) is 6.59. The fourth-order valence-electron chi connectivity index (χ4n) is 2.56. The molecule has 0 bridgehead atoms. The number of aliphatic hydroxyl groups is 1. The standard InChI is InChI=1S/C8H15NO/c1-8(2)5-3-9-6(4-10)7(5)8/h5-7,9-10H,3-4H2,1-2H3. The van der Waals surface area contributed by atoms with E-state index in [4.69, 9.17) is 5.11 Å². The van der Waals surface area contributed by atoms with Gasteiger partial charge in [0.1, 0.15) is 0 Å². The molecule has 2 aliphatic rings. The van der Waals surface area contributed by atoms with Crippen molar-refractivity contribution in [2.24, 2.45) is 17.3 Å². The zero-order valence-corrected chi connectivity index (χ0v) is 6.59. The summed E-state index contributed by atoms with van der Waals surface area (Å²) in [7, 11) is 0. The molecule has 0 amide bonds. The van der Waals surface area contributed by atoms with E-state index in [0.29, 0.717) is 18.1 Å². The topological polar surface area (TPSA) is 32.3 Å². The summed E-state index contributed by atoms with van der Waals surface area (Å²) in [4.78, 5) is 0. The molecule has 3 atom stereocenters. The first-order valence-corrected chi connectivity index (χ1v) is 4.02. The van der Waals surface area contributed by atoms with Gasteiger partial charge in [0.25, 0.3) is 0 Å². The number of piperidine rings is 1. The molecule has 3 unspecified atom stereocenters. The summed E-state index contributed by atoms with van der Waals surface area (Å²) in [5.41, 5.74) is 0.513. The van der Waals surface area contributed by atoms with Crippen molar-refractivity contribution in [1.82, 2.24) is 5.32 Å². The van der Waals surface area contributed by atoms with Crippen molar-refractivity contribution < 1.29 is 5.11 Å². The van der Waals surface area contributed by atoms with Gasteiger partial charge in [-0.2, -0.15) is 0 Å². The SMILES string of the molecule is CC1(C)C2CNC(CO)C21. The summed E-state index contributed by atoms with van der Waals surface area (Å²) in [6, 6.07) is 0.389. The van der Waals surface area contributed by atoms with Crippen molar-refractivity contribution in [3.8, 4) is 0 Å². The van der Waals surface area contributed by atoms with Gasteiger partial charge in [0.05, 0.1) is 6.61 Å². The molecule has 1 saturated heterocycles. The van der Waals surface area contributed by atoms with Gasteiger partial charge in [0.15, 0.2) is 0 Å².